The number of ether oxygens (including phenoxy) is 3. The molecule has 5 rings (SSSR count). The lowest BCUT2D eigenvalue weighted by atomic mass is 9.68. The van der Waals surface area contributed by atoms with E-state index < -0.39 is 17.9 Å². The molecule has 2 aliphatic rings. The van der Waals surface area contributed by atoms with E-state index in [1.807, 2.05) is 38.1 Å². The second-order valence-electron chi connectivity index (χ2n) is 11.5. The molecule has 1 unspecified atom stereocenters. The number of allylic oxidation sites excluding steroid dienone is 2. The fourth-order valence-corrected chi connectivity index (χ4v) is 6.81. The molecule has 0 radical (unpaired) electrons. The molecule has 7 heteroatoms. The number of likely N-dealkylation sites (tertiary alicyclic amines) is 1. The van der Waals surface area contributed by atoms with Gasteiger partial charge in [-0.3, -0.25) is 0 Å². The van der Waals surface area contributed by atoms with E-state index in [-0.39, 0.29) is 12.0 Å². The van der Waals surface area contributed by atoms with Gasteiger partial charge >= 0.3 is 11.9 Å². The van der Waals surface area contributed by atoms with Gasteiger partial charge in [-0.2, -0.15) is 0 Å². The van der Waals surface area contributed by atoms with Crippen molar-refractivity contribution in [2.45, 2.75) is 44.4 Å². The fraction of sp³-hybridized carbons (Fsp3) is 0.351. The first kappa shape index (κ1) is 31.1. The third-order valence-electron chi connectivity index (χ3n) is 9.05. The van der Waals surface area contributed by atoms with Crippen molar-refractivity contribution in [2.75, 3.05) is 40.5 Å². The zero-order valence-corrected chi connectivity index (χ0v) is 26.1. The van der Waals surface area contributed by atoms with Crippen LogP contribution in [0.2, 0.25) is 0 Å². The van der Waals surface area contributed by atoms with Crippen LogP contribution in [0.4, 0.5) is 0 Å². The third kappa shape index (κ3) is 6.29. The number of carbonyl (C=O) groups is 2. The van der Waals surface area contributed by atoms with Crippen molar-refractivity contribution in [1.82, 2.24) is 10.2 Å². The lowest BCUT2D eigenvalue weighted by molar-refractivity contribution is -0.139. The van der Waals surface area contributed by atoms with Gasteiger partial charge in [-0.1, -0.05) is 78.9 Å². The smallest absolute Gasteiger partial charge is 0.336 e. The molecule has 1 saturated heterocycles. The Kier molecular flexibility index (Phi) is 9.85. The topological polar surface area (TPSA) is 77.1 Å². The molecule has 1 N–H and O–H groups in total. The van der Waals surface area contributed by atoms with Crippen LogP contribution >= 0.6 is 0 Å². The average Bonchev–Trinajstić information content (AvgIpc) is 3.07. The molecule has 0 spiro atoms. The van der Waals surface area contributed by atoms with E-state index in [2.05, 4.69) is 70.9 Å². The molecule has 2 aliphatic heterocycles. The number of carbonyl (C=O) groups excluding carboxylic acids is 2. The Morgan fingerprint density at radius 1 is 0.795 bits per heavy atom. The predicted molar refractivity (Wildman–Crippen MR) is 171 cm³/mol. The van der Waals surface area contributed by atoms with Crippen LogP contribution in [-0.2, 0) is 24.5 Å². The lowest BCUT2D eigenvalue weighted by Gasteiger charge is -2.43. The van der Waals surface area contributed by atoms with Gasteiger partial charge in [-0.05, 0) is 63.4 Å². The molecule has 44 heavy (non-hydrogen) atoms. The van der Waals surface area contributed by atoms with Crippen LogP contribution in [0.15, 0.2) is 107 Å². The van der Waals surface area contributed by atoms with Crippen LogP contribution < -0.4 is 10.1 Å². The SMILES string of the molecule is COC(=O)C1=C(C)NC(C)=C(C(=O)OCCCN2CCC(c3ccccc3)(c3ccccc3)CC2)C1c1ccccc1OC. The summed E-state index contributed by atoms with van der Waals surface area (Å²) in [5.74, 6) is -1.06. The van der Waals surface area contributed by atoms with E-state index in [4.69, 9.17) is 14.2 Å². The first-order valence-electron chi connectivity index (χ1n) is 15.3. The number of rotatable bonds is 10. The summed E-state index contributed by atoms with van der Waals surface area (Å²) in [5, 5.41) is 3.20. The van der Waals surface area contributed by atoms with Crippen LogP contribution in [0, 0.1) is 0 Å². The maximum absolute atomic E-state index is 13.7. The van der Waals surface area contributed by atoms with Crippen LogP contribution in [-0.4, -0.2) is 57.3 Å². The summed E-state index contributed by atoms with van der Waals surface area (Å²) in [7, 11) is 2.92. The third-order valence-corrected chi connectivity index (χ3v) is 9.05. The first-order chi connectivity index (χ1) is 21.4. The quantitative estimate of drug-likeness (QED) is 0.224. The van der Waals surface area contributed by atoms with Crippen molar-refractivity contribution in [2.24, 2.45) is 0 Å². The highest BCUT2D eigenvalue weighted by molar-refractivity contribution is 6.00. The minimum atomic E-state index is -0.682. The highest BCUT2D eigenvalue weighted by Gasteiger charge is 2.40. The van der Waals surface area contributed by atoms with Crippen LogP contribution in [0.25, 0.3) is 0 Å². The molecule has 1 atom stereocenters. The van der Waals surface area contributed by atoms with E-state index in [0.29, 0.717) is 40.3 Å². The molecule has 1 fully saturated rings. The van der Waals surface area contributed by atoms with Gasteiger partial charge in [-0.15, -0.1) is 0 Å². The Morgan fingerprint density at radius 3 is 1.91 bits per heavy atom. The van der Waals surface area contributed by atoms with Crippen molar-refractivity contribution in [3.63, 3.8) is 0 Å². The summed E-state index contributed by atoms with van der Waals surface area (Å²) in [6.45, 7) is 6.69. The largest absolute Gasteiger partial charge is 0.496 e. The van der Waals surface area contributed by atoms with Gasteiger partial charge in [0.15, 0.2) is 0 Å². The average molecular weight is 595 g/mol. The van der Waals surface area contributed by atoms with Gasteiger partial charge in [0.2, 0.25) is 0 Å². The summed E-state index contributed by atoms with van der Waals surface area (Å²) in [4.78, 5) is 29.1. The fourth-order valence-electron chi connectivity index (χ4n) is 6.81. The molecule has 230 valence electrons. The maximum atomic E-state index is 13.7. The van der Waals surface area contributed by atoms with Crippen molar-refractivity contribution < 1.29 is 23.8 Å². The number of para-hydroxylation sites is 1. The Labute approximate surface area is 260 Å². The predicted octanol–water partition coefficient (Wildman–Crippen LogP) is 6.12. The van der Waals surface area contributed by atoms with Crippen molar-refractivity contribution in [1.29, 1.82) is 0 Å². The van der Waals surface area contributed by atoms with Gasteiger partial charge in [0.1, 0.15) is 5.75 Å². The lowest BCUT2D eigenvalue weighted by Crippen LogP contribution is -2.43. The van der Waals surface area contributed by atoms with Crippen LogP contribution in [0.1, 0.15) is 55.7 Å². The molecular formula is C37H42N2O5. The van der Waals surface area contributed by atoms with Gasteiger partial charge in [-0.25, -0.2) is 9.59 Å². The van der Waals surface area contributed by atoms with E-state index in [1.165, 1.54) is 18.2 Å². The minimum Gasteiger partial charge on any atom is -0.496 e. The van der Waals surface area contributed by atoms with Gasteiger partial charge in [0.05, 0.1) is 37.9 Å². The van der Waals surface area contributed by atoms with Gasteiger partial charge in [0, 0.05) is 28.9 Å². The monoisotopic (exact) mass is 594 g/mol. The normalized spacial score (nSPS) is 18.4. The molecule has 0 bridgehead atoms. The zero-order valence-electron chi connectivity index (χ0n) is 26.1. The number of benzene rings is 3. The summed E-state index contributed by atoms with van der Waals surface area (Å²) < 4.78 is 16.6. The Balaban J connectivity index is 1.24. The molecule has 2 heterocycles. The summed E-state index contributed by atoms with van der Waals surface area (Å²) >= 11 is 0. The number of piperidine rings is 1. The number of nitrogens with one attached hydrogen (secondary N) is 1. The minimum absolute atomic E-state index is 0.0000286. The number of nitrogens with zero attached hydrogens (tertiary/aromatic N) is 1. The number of esters is 2. The second-order valence-corrected chi connectivity index (χ2v) is 11.5. The molecule has 3 aromatic rings. The van der Waals surface area contributed by atoms with Crippen molar-refractivity contribution in [3.8, 4) is 5.75 Å². The summed E-state index contributed by atoms with van der Waals surface area (Å²) in [5.41, 5.74) is 5.46. The highest BCUT2D eigenvalue weighted by Crippen LogP contribution is 2.43. The number of dihydropyridines is 1. The number of hydrogen-bond acceptors (Lipinski definition) is 7. The molecule has 0 aromatic heterocycles. The molecule has 3 aromatic carbocycles. The first-order valence-corrected chi connectivity index (χ1v) is 15.3. The van der Waals surface area contributed by atoms with E-state index in [1.54, 1.807) is 7.11 Å². The van der Waals surface area contributed by atoms with Crippen molar-refractivity contribution >= 4 is 11.9 Å². The number of hydrogen-bond donors (Lipinski definition) is 1. The number of methoxy groups -OCH3 is 2. The molecular weight excluding hydrogens is 552 g/mol. The molecule has 0 aliphatic carbocycles. The Bertz CT molecular complexity index is 1480. The Hall–Kier alpha value is -4.36. The zero-order chi connectivity index (χ0) is 31.1. The maximum Gasteiger partial charge on any atom is 0.336 e. The standard InChI is InChI=1S/C37H42N2O5/c1-26-32(35(40)43-4)34(30-18-11-12-19-31(30)42-3)33(27(2)38-26)36(41)44-25-13-22-39-23-20-37(21-24-39,28-14-7-5-8-15-28)29-16-9-6-10-17-29/h5-12,14-19,34,38H,13,20-25H2,1-4H3. The molecule has 7 nitrogen and oxygen atoms in total. The van der Waals surface area contributed by atoms with Crippen LogP contribution in [0.5, 0.6) is 5.75 Å². The van der Waals surface area contributed by atoms with E-state index >= 15 is 0 Å². The Morgan fingerprint density at radius 2 is 1.34 bits per heavy atom. The van der Waals surface area contributed by atoms with Gasteiger partial charge < -0.3 is 24.4 Å². The van der Waals surface area contributed by atoms with Crippen LogP contribution in [0.3, 0.4) is 0 Å². The van der Waals surface area contributed by atoms with E-state index in [9.17, 15) is 9.59 Å². The van der Waals surface area contributed by atoms with Gasteiger partial charge in [0.25, 0.3) is 0 Å². The second kappa shape index (κ2) is 14.0. The summed E-state index contributed by atoms with van der Waals surface area (Å²) in [6, 6.07) is 29.1. The van der Waals surface area contributed by atoms with Crippen molar-refractivity contribution in [3.05, 3.63) is 124 Å². The molecule has 0 saturated carbocycles. The summed E-state index contributed by atoms with van der Waals surface area (Å²) in [6.07, 6.45) is 2.77. The highest BCUT2D eigenvalue weighted by atomic mass is 16.5. The molecule has 0 amide bonds. The van der Waals surface area contributed by atoms with E-state index in [0.717, 1.165) is 32.5 Å².